The van der Waals surface area contributed by atoms with Gasteiger partial charge in [-0.2, -0.15) is 0 Å². The van der Waals surface area contributed by atoms with Gasteiger partial charge >= 0.3 is 5.63 Å². The van der Waals surface area contributed by atoms with E-state index in [4.69, 9.17) is 8.83 Å². The normalized spacial score (nSPS) is 15.7. The second kappa shape index (κ2) is 8.25. The van der Waals surface area contributed by atoms with Crippen molar-refractivity contribution in [2.24, 2.45) is 0 Å². The van der Waals surface area contributed by atoms with Crippen LogP contribution in [0.4, 0.5) is 0 Å². The average Bonchev–Trinajstić information content (AvgIpc) is 3.15. The summed E-state index contributed by atoms with van der Waals surface area (Å²) in [6.07, 6.45) is 4.17. The van der Waals surface area contributed by atoms with Crippen LogP contribution in [-0.4, -0.2) is 29.9 Å². The van der Waals surface area contributed by atoms with Crippen LogP contribution in [0.2, 0.25) is 0 Å². The summed E-state index contributed by atoms with van der Waals surface area (Å²) in [5.41, 5.74) is 3.34. The molecular weight excluding hydrogens is 368 g/mol. The van der Waals surface area contributed by atoms with Crippen molar-refractivity contribution < 1.29 is 13.6 Å². The highest BCUT2D eigenvalue weighted by Gasteiger charge is 2.23. The molecule has 29 heavy (non-hydrogen) atoms. The molecule has 6 heteroatoms. The molecule has 0 atom stereocenters. The first-order chi connectivity index (χ1) is 14.0. The van der Waals surface area contributed by atoms with Crippen LogP contribution in [0.1, 0.15) is 47.0 Å². The first kappa shape index (κ1) is 19.5. The van der Waals surface area contributed by atoms with Gasteiger partial charge in [-0.3, -0.25) is 9.69 Å². The largest absolute Gasteiger partial charge is 0.459 e. The smallest absolute Gasteiger partial charge is 0.336 e. The van der Waals surface area contributed by atoms with Crippen molar-refractivity contribution in [2.75, 3.05) is 13.1 Å². The second-order valence-corrected chi connectivity index (χ2v) is 7.73. The minimum absolute atomic E-state index is 0.132. The number of piperidine rings is 1. The van der Waals surface area contributed by atoms with Crippen LogP contribution in [0.25, 0.3) is 11.0 Å². The Hall–Kier alpha value is -2.86. The molecule has 1 aliphatic rings. The Labute approximate surface area is 169 Å². The van der Waals surface area contributed by atoms with E-state index in [-0.39, 0.29) is 17.6 Å². The Bertz CT molecular complexity index is 1070. The number of hydrogen-bond acceptors (Lipinski definition) is 5. The third-order valence-electron chi connectivity index (χ3n) is 5.69. The Balaban J connectivity index is 1.40. The Morgan fingerprint density at radius 1 is 1.21 bits per heavy atom. The molecule has 3 aromatic rings. The fourth-order valence-electron chi connectivity index (χ4n) is 3.96. The standard InChI is InChI=1S/C23H26N2O4/c1-3-16-4-5-19-17(13-21(26)29-20(19)12-16)14-25-9-6-18(7-10-25)24-23(27)22-15(2)8-11-28-22/h4-5,8,11-13,18H,3,6-7,9-10,14H2,1-2H3,(H,24,27). The van der Waals surface area contributed by atoms with Crippen LogP contribution < -0.4 is 10.9 Å². The molecule has 1 fully saturated rings. The first-order valence-electron chi connectivity index (χ1n) is 10.2. The lowest BCUT2D eigenvalue weighted by Crippen LogP contribution is -2.44. The highest BCUT2D eigenvalue weighted by Crippen LogP contribution is 2.22. The molecule has 0 saturated carbocycles. The molecular formula is C23H26N2O4. The van der Waals surface area contributed by atoms with Crippen molar-refractivity contribution >= 4 is 16.9 Å². The van der Waals surface area contributed by atoms with Gasteiger partial charge < -0.3 is 14.2 Å². The van der Waals surface area contributed by atoms with E-state index in [0.717, 1.165) is 54.4 Å². The minimum Gasteiger partial charge on any atom is -0.459 e. The number of carbonyl (C=O) groups excluding carboxylic acids is 1. The molecule has 6 nitrogen and oxygen atoms in total. The van der Waals surface area contributed by atoms with Gasteiger partial charge in [-0.1, -0.05) is 19.1 Å². The maximum atomic E-state index is 12.3. The highest BCUT2D eigenvalue weighted by atomic mass is 16.4. The molecule has 0 unspecified atom stereocenters. The van der Waals surface area contributed by atoms with Gasteiger partial charge in [0.15, 0.2) is 5.76 Å². The lowest BCUT2D eigenvalue weighted by molar-refractivity contribution is 0.0880. The highest BCUT2D eigenvalue weighted by molar-refractivity contribution is 5.93. The quantitative estimate of drug-likeness (QED) is 0.669. The van der Waals surface area contributed by atoms with Gasteiger partial charge in [-0.25, -0.2) is 4.79 Å². The molecule has 1 amide bonds. The average molecular weight is 394 g/mol. The van der Waals surface area contributed by atoms with E-state index in [1.165, 1.54) is 6.26 Å². The fraction of sp³-hybridized carbons (Fsp3) is 0.391. The predicted octanol–water partition coefficient (Wildman–Crippen LogP) is 3.65. The third-order valence-corrected chi connectivity index (χ3v) is 5.69. The number of fused-ring (bicyclic) bond motifs is 1. The number of nitrogens with one attached hydrogen (secondary N) is 1. The van der Waals surface area contributed by atoms with Crippen LogP contribution in [0.3, 0.4) is 0 Å². The van der Waals surface area contributed by atoms with E-state index in [2.05, 4.69) is 23.2 Å². The zero-order valence-electron chi connectivity index (χ0n) is 16.9. The SMILES string of the molecule is CCc1ccc2c(CN3CCC(NC(=O)c4occc4C)CC3)cc(=O)oc2c1. The Morgan fingerprint density at radius 3 is 2.69 bits per heavy atom. The van der Waals surface area contributed by atoms with Gasteiger partial charge in [-0.15, -0.1) is 0 Å². The zero-order valence-corrected chi connectivity index (χ0v) is 16.9. The maximum Gasteiger partial charge on any atom is 0.336 e. The summed E-state index contributed by atoms with van der Waals surface area (Å²) >= 11 is 0. The summed E-state index contributed by atoms with van der Waals surface area (Å²) in [6, 6.07) is 9.62. The molecule has 0 spiro atoms. The Morgan fingerprint density at radius 2 is 2.00 bits per heavy atom. The summed E-state index contributed by atoms with van der Waals surface area (Å²) in [5, 5.41) is 4.06. The summed E-state index contributed by atoms with van der Waals surface area (Å²) in [4.78, 5) is 26.7. The van der Waals surface area contributed by atoms with Gasteiger partial charge in [0.1, 0.15) is 5.58 Å². The number of likely N-dealkylation sites (tertiary alicyclic amines) is 1. The van der Waals surface area contributed by atoms with Crippen LogP contribution in [-0.2, 0) is 13.0 Å². The maximum absolute atomic E-state index is 12.3. The molecule has 3 heterocycles. The topological polar surface area (TPSA) is 75.7 Å². The number of hydrogen-bond donors (Lipinski definition) is 1. The van der Waals surface area contributed by atoms with E-state index in [0.29, 0.717) is 17.9 Å². The van der Waals surface area contributed by atoms with Crippen LogP contribution in [0.5, 0.6) is 0 Å². The van der Waals surface area contributed by atoms with Crippen molar-refractivity contribution in [2.45, 2.75) is 45.7 Å². The number of rotatable bonds is 5. The second-order valence-electron chi connectivity index (χ2n) is 7.73. The monoisotopic (exact) mass is 394 g/mol. The molecule has 0 radical (unpaired) electrons. The lowest BCUT2D eigenvalue weighted by Gasteiger charge is -2.32. The van der Waals surface area contributed by atoms with Crippen molar-refractivity contribution in [3.8, 4) is 0 Å². The molecule has 152 valence electrons. The molecule has 0 aliphatic carbocycles. The van der Waals surface area contributed by atoms with Crippen molar-refractivity contribution in [3.63, 3.8) is 0 Å². The number of amides is 1. The summed E-state index contributed by atoms with van der Waals surface area (Å²) < 4.78 is 10.7. The van der Waals surface area contributed by atoms with Crippen LogP contribution in [0, 0.1) is 6.92 Å². The molecule has 0 bridgehead atoms. The lowest BCUT2D eigenvalue weighted by atomic mass is 10.0. The fourth-order valence-corrected chi connectivity index (χ4v) is 3.96. The van der Waals surface area contributed by atoms with Crippen molar-refractivity contribution in [3.05, 3.63) is 69.5 Å². The molecule has 1 saturated heterocycles. The summed E-state index contributed by atoms with van der Waals surface area (Å²) in [6.45, 7) is 6.36. The first-order valence-corrected chi connectivity index (χ1v) is 10.2. The predicted molar refractivity (Wildman–Crippen MR) is 111 cm³/mol. The van der Waals surface area contributed by atoms with E-state index in [1.54, 1.807) is 12.1 Å². The van der Waals surface area contributed by atoms with Gasteiger partial charge in [0.25, 0.3) is 5.91 Å². The van der Waals surface area contributed by atoms with E-state index >= 15 is 0 Å². The van der Waals surface area contributed by atoms with E-state index in [1.807, 2.05) is 19.1 Å². The van der Waals surface area contributed by atoms with Gasteiger partial charge in [0.2, 0.25) is 0 Å². The molecule has 1 aromatic carbocycles. The molecule has 1 aliphatic heterocycles. The number of furan rings is 1. The Kier molecular flexibility index (Phi) is 5.53. The van der Waals surface area contributed by atoms with Crippen molar-refractivity contribution in [1.29, 1.82) is 0 Å². The molecule has 4 rings (SSSR count). The number of carbonyl (C=O) groups is 1. The summed E-state index contributed by atoms with van der Waals surface area (Å²) in [5.74, 6) is 0.241. The minimum atomic E-state index is -0.309. The van der Waals surface area contributed by atoms with Crippen LogP contribution in [0.15, 0.2) is 50.2 Å². The number of nitrogens with zero attached hydrogens (tertiary/aromatic N) is 1. The van der Waals surface area contributed by atoms with Crippen molar-refractivity contribution in [1.82, 2.24) is 10.2 Å². The zero-order chi connectivity index (χ0) is 20.4. The molecule has 2 aromatic heterocycles. The third kappa shape index (κ3) is 4.27. The summed E-state index contributed by atoms with van der Waals surface area (Å²) in [7, 11) is 0. The number of aryl methyl sites for hydroxylation is 2. The number of benzene rings is 1. The van der Waals surface area contributed by atoms with E-state index in [9.17, 15) is 9.59 Å². The van der Waals surface area contributed by atoms with Crippen LogP contribution >= 0.6 is 0 Å². The molecule has 1 N–H and O–H groups in total. The van der Waals surface area contributed by atoms with Gasteiger partial charge in [0.05, 0.1) is 6.26 Å². The van der Waals surface area contributed by atoms with Gasteiger partial charge in [0, 0.05) is 42.7 Å². The van der Waals surface area contributed by atoms with Gasteiger partial charge in [-0.05, 0) is 49.4 Å². The van der Waals surface area contributed by atoms with E-state index < -0.39 is 0 Å².